The van der Waals surface area contributed by atoms with E-state index in [4.69, 9.17) is 4.74 Å². The molecule has 2 heterocycles. The SMILES string of the molecule is FC(F)(F)[C@@H]1CCC[C@]2(CCN(CCCN3CCOCC3)C2)C1. The Morgan fingerprint density at radius 3 is 2.48 bits per heavy atom. The molecule has 1 spiro atoms. The van der Waals surface area contributed by atoms with Crippen molar-refractivity contribution in [3.8, 4) is 0 Å². The molecule has 0 amide bonds. The molecule has 0 N–H and O–H groups in total. The van der Waals surface area contributed by atoms with E-state index < -0.39 is 12.1 Å². The van der Waals surface area contributed by atoms with Crippen LogP contribution in [0, 0.1) is 11.3 Å². The molecule has 1 saturated carbocycles. The van der Waals surface area contributed by atoms with Gasteiger partial charge in [0.05, 0.1) is 19.1 Å². The summed E-state index contributed by atoms with van der Waals surface area (Å²) >= 11 is 0. The number of hydrogen-bond acceptors (Lipinski definition) is 3. The van der Waals surface area contributed by atoms with Crippen LogP contribution in [0.1, 0.15) is 38.5 Å². The summed E-state index contributed by atoms with van der Waals surface area (Å²) in [6, 6.07) is 0. The van der Waals surface area contributed by atoms with E-state index in [9.17, 15) is 13.2 Å². The maximum Gasteiger partial charge on any atom is 0.391 e. The average Bonchev–Trinajstić information content (AvgIpc) is 2.90. The third-order valence-corrected chi connectivity index (χ3v) is 5.97. The van der Waals surface area contributed by atoms with Gasteiger partial charge in [-0.3, -0.25) is 4.90 Å². The van der Waals surface area contributed by atoms with Crippen molar-refractivity contribution in [2.24, 2.45) is 11.3 Å². The van der Waals surface area contributed by atoms with Crippen LogP contribution in [-0.2, 0) is 4.74 Å². The van der Waals surface area contributed by atoms with Crippen molar-refractivity contribution >= 4 is 0 Å². The third-order valence-electron chi connectivity index (χ3n) is 5.97. The molecule has 2 saturated heterocycles. The minimum absolute atomic E-state index is 0.0581. The van der Waals surface area contributed by atoms with Gasteiger partial charge in [0.25, 0.3) is 0 Å². The predicted octanol–water partition coefficient (Wildman–Crippen LogP) is 3.15. The van der Waals surface area contributed by atoms with E-state index in [2.05, 4.69) is 9.80 Å². The van der Waals surface area contributed by atoms with Gasteiger partial charge in [0.1, 0.15) is 0 Å². The zero-order chi connectivity index (χ0) is 16.3. The van der Waals surface area contributed by atoms with E-state index in [0.29, 0.717) is 12.8 Å². The predicted molar refractivity (Wildman–Crippen MR) is 83.4 cm³/mol. The van der Waals surface area contributed by atoms with Crippen LogP contribution in [-0.4, -0.2) is 68.5 Å². The number of hydrogen-bond donors (Lipinski definition) is 0. The summed E-state index contributed by atoms with van der Waals surface area (Å²) < 4.78 is 44.5. The second-order valence-electron chi connectivity index (χ2n) is 7.67. The van der Waals surface area contributed by atoms with Crippen LogP contribution in [0.25, 0.3) is 0 Å². The zero-order valence-corrected chi connectivity index (χ0v) is 13.9. The standard InChI is InChI=1S/C17H29F3N2O/c18-17(19,20)15-3-1-4-16(13-15)5-8-22(14-16)7-2-6-21-9-11-23-12-10-21/h15H,1-14H2/t15-,16+/m1/s1. The highest BCUT2D eigenvalue weighted by Gasteiger charge is 2.49. The lowest BCUT2D eigenvalue weighted by Crippen LogP contribution is -2.39. The molecule has 1 aliphatic carbocycles. The number of alkyl halides is 3. The molecule has 2 aliphatic heterocycles. The largest absolute Gasteiger partial charge is 0.391 e. The molecule has 0 aromatic heterocycles. The van der Waals surface area contributed by atoms with E-state index >= 15 is 0 Å². The number of ether oxygens (including phenoxy) is 1. The Morgan fingerprint density at radius 2 is 1.74 bits per heavy atom. The molecular weight excluding hydrogens is 305 g/mol. The number of morpholine rings is 1. The van der Waals surface area contributed by atoms with E-state index in [0.717, 1.165) is 78.2 Å². The molecule has 6 heteroatoms. The fourth-order valence-electron chi connectivity index (χ4n) is 4.66. The maximum atomic E-state index is 13.1. The van der Waals surface area contributed by atoms with Crippen LogP contribution in [0.3, 0.4) is 0 Å². The fraction of sp³-hybridized carbons (Fsp3) is 1.00. The van der Waals surface area contributed by atoms with Crippen molar-refractivity contribution in [1.82, 2.24) is 9.80 Å². The van der Waals surface area contributed by atoms with Crippen LogP contribution in [0.5, 0.6) is 0 Å². The first-order valence-electron chi connectivity index (χ1n) is 9.06. The van der Waals surface area contributed by atoms with Crippen LogP contribution in [0.2, 0.25) is 0 Å². The minimum Gasteiger partial charge on any atom is -0.379 e. The van der Waals surface area contributed by atoms with Gasteiger partial charge in [-0.1, -0.05) is 6.42 Å². The highest BCUT2D eigenvalue weighted by molar-refractivity contribution is 4.95. The lowest BCUT2D eigenvalue weighted by atomic mass is 9.69. The van der Waals surface area contributed by atoms with Crippen LogP contribution >= 0.6 is 0 Å². The molecule has 2 atom stereocenters. The van der Waals surface area contributed by atoms with Crippen LogP contribution < -0.4 is 0 Å². The van der Waals surface area contributed by atoms with E-state index in [1.165, 1.54) is 0 Å². The van der Waals surface area contributed by atoms with Crippen molar-refractivity contribution in [2.75, 3.05) is 52.5 Å². The highest BCUT2D eigenvalue weighted by Crippen LogP contribution is 2.50. The van der Waals surface area contributed by atoms with Gasteiger partial charge in [0, 0.05) is 19.6 Å². The van der Waals surface area contributed by atoms with Crippen LogP contribution in [0.15, 0.2) is 0 Å². The van der Waals surface area contributed by atoms with Gasteiger partial charge in [0.15, 0.2) is 0 Å². The first kappa shape index (κ1) is 17.5. The second-order valence-corrected chi connectivity index (χ2v) is 7.67. The molecule has 0 aromatic rings. The first-order valence-corrected chi connectivity index (χ1v) is 9.06. The Hall–Kier alpha value is -0.330. The number of nitrogens with zero attached hydrogens (tertiary/aromatic N) is 2. The van der Waals surface area contributed by atoms with Crippen molar-refractivity contribution in [1.29, 1.82) is 0 Å². The molecule has 3 aliphatic rings. The second kappa shape index (κ2) is 7.28. The van der Waals surface area contributed by atoms with E-state index in [1.54, 1.807) is 0 Å². The Balaban J connectivity index is 1.42. The van der Waals surface area contributed by atoms with Crippen molar-refractivity contribution in [3.63, 3.8) is 0 Å². The number of halogens is 3. The van der Waals surface area contributed by atoms with Gasteiger partial charge in [-0.2, -0.15) is 13.2 Å². The van der Waals surface area contributed by atoms with Gasteiger partial charge in [-0.05, 0) is 57.2 Å². The summed E-state index contributed by atoms with van der Waals surface area (Å²) in [7, 11) is 0. The summed E-state index contributed by atoms with van der Waals surface area (Å²) in [6.07, 6.45) is 0.483. The first-order chi connectivity index (χ1) is 11.0. The van der Waals surface area contributed by atoms with Crippen molar-refractivity contribution < 1.29 is 17.9 Å². The van der Waals surface area contributed by atoms with E-state index in [1.807, 2.05) is 0 Å². The number of rotatable bonds is 4. The molecular formula is C17H29F3N2O. The highest BCUT2D eigenvalue weighted by atomic mass is 19.4. The average molecular weight is 334 g/mol. The molecule has 134 valence electrons. The fourth-order valence-corrected chi connectivity index (χ4v) is 4.66. The maximum absolute atomic E-state index is 13.1. The normalized spacial score (nSPS) is 34.3. The lowest BCUT2D eigenvalue weighted by Gasteiger charge is -2.39. The Morgan fingerprint density at radius 1 is 1.00 bits per heavy atom. The zero-order valence-electron chi connectivity index (χ0n) is 13.9. The minimum atomic E-state index is -4.00. The third kappa shape index (κ3) is 4.60. The summed E-state index contributed by atoms with van der Waals surface area (Å²) in [5.74, 6) is -1.07. The Kier molecular flexibility index (Phi) is 5.53. The van der Waals surface area contributed by atoms with Gasteiger partial charge < -0.3 is 9.64 Å². The lowest BCUT2D eigenvalue weighted by molar-refractivity contribution is -0.191. The molecule has 3 fully saturated rings. The summed E-state index contributed by atoms with van der Waals surface area (Å²) in [5.41, 5.74) is -0.0581. The Labute approximate surface area is 137 Å². The van der Waals surface area contributed by atoms with E-state index in [-0.39, 0.29) is 5.41 Å². The molecule has 0 unspecified atom stereocenters. The molecule has 3 rings (SSSR count). The summed E-state index contributed by atoms with van der Waals surface area (Å²) in [6.45, 7) is 7.63. The molecule has 0 bridgehead atoms. The van der Waals surface area contributed by atoms with Crippen molar-refractivity contribution in [3.05, 3.63) is 0 Å². The van der Waals surface area contributed by atoms with Crippen molar-refractivity contribution in [2.45, 2.75) is 44.7 Å². The topological polar surface area (TPSA) is 15.7 Å². The van der Waals surface area contributed by atoms with Gasteiger partial charge >= 0.3 is 6.18 Å². The van der Waals surface area contributed by atoms with Crippen LogP contribution in [0.4, 0.5) is 13.2 Å². The molecule has 3 nitrogen and oxygen atoms in total. The Bertz CT molecular complexity index is 385. The molecule has 23 heavy (non-hydrogen) atoms. The molecule has 0 radical (unpaired) electrons. The quantitative estimate of drug-likeness (QED) is 0.785. The van der Waals surface area contributed by atoms with Gasteiger partial charge in [-0.15, -0.1) is 0 Å². The summed E-state index contributed by atoms with van der Waals surface area (Å²) in [4.78, 5) is 4.83. The number of likely N-dealkylation sites (tertiary alicyclic amines) is 1. The van der Waals surface area contributed by atoms with Gasteiger partial charge in [-0.25, -0.2) is 0 Å². The van der Waals surface area contributed by atoms with Gasteiger partial charge in [0.2, 0.25) is 0 Å². The summed E-state index contributed by atoms with van der Waals surface area (Å²) in [5, 5.41) is 0. The smallest absolute Gasteiger partial charge is 0.379 e. The monoisotopic (exact) mass is 334 g/mol. The molecule has 0 aromatic carbocycles.